The van der Waals surface area contributed by atoms with E-state index in [4.69, 9.17) is 33.7 Å². The number of benzene rings is 2. The van der Waals surface area contributed by atoms with Crippen LogP contribution in [0.1, 0.15) is 11.1 Å². The lowest BCUT2D eigenvalue weighted by Gasteiger charge is -2.08. The molecule has 0 saturated heterocycles. The van der Waals surface area contributed by atoms with E-state index in [9.17, 15) is 0 Å². The van der Waals surface area contributed by atoms with Crippen molar-refractivity contribution in [2.24, 2.45) is 10.8 Å². The Morgan fingerprint density at radius 1 is 1.23 bits per heavy atom. The lowest BCUT2D eigenvalue weighted by molar-refractivity contribution is 0.306. The second-order valence-electron chi connectivity index (χ2n) is 4.33. The molecule has 0 aliphatic heterocycles. The van der Waals surface area contributed by atoms with Crippen LogP contribution >= 0.6 is 35.4 Å². The summed E-state index contributed by atoms with van der Waals surface area (Å²) in [6.07, 6.45) is 1.61. The van der Waals surface area contributed by atoms with Gasteiger partial charge >= 0.3 is 0 Å². The summed E-state index contributed by atoms with van der Waals surface area (Å²) >= 11 is 16.6. The van der Waals surface area contributed by atoms with Crippen LogP contribution in [0, 0.1) is 0 Å². The first-order valence-electron chi connectivity index (χ1n) is 6.30. The molecule has 0 aliphatic carbocycles. The predicted molar refractivity (Wildman–Crippen MR) is 94.8 cm³/mol. The fourth-order valence-electron chi connectivity index (χ4n) is 1.62. The minimum absolute atomic E-state index is 0.121. The maximum Gasteiger partial charge on any atom is 0.184 e. The highest BCUT2D eigenvalue weighted by atomic mass is 35.5. The summed E-state index contributed by atoms with van der Waals surface area (Å²) in [7, 11) is 0. The number of ether oxygens (including phenoxy) is 1. The Kier molecular flexibility index (Phi) is 6.00. The summed E-state index contributed by atoms with van der Waals surface area (Å²) in [5.74, 6) is 0.727. The Hall–Kier alpha value is -1.82. The molecule has 0 radical (unpaired) electrons. The average Bonchev–Trinajstić information content (AvgIpc) is 2.47. The molecule has 0 atom stereocenters. The largest absolute Gasteiger partial charge is 0.489 e. The molecule has 2 aromatic carbocycles. The van der Waals surface area contributed by atoms with Crippen molar-refractivity contribution in [2.75, 3.05) is 0 Å². The lowest BCUT2D eigenvalue weighted by Crippen LogP contribution is -2.23. The molecular formula is C15H13Cl2N3OS. The van der Waals surface area contributed by atoms with Gasteiger partial charge in [0.2, 0.25) is 0 Å². The maximum absolute atomic E-state index is 6.09. The van der Waals surface area contributed by atoms with Crippen molar-refractivity contribution in [3.63, 3.8) is 0 Å². The van der Waals surface area contributed by atoms with Gasteiger partial charge in [-0.05, 0) is 54.2 Å². The van der Waals surface area contributed by atoms with E-state index in [1.807, 2.05) is 30.3 Å². The van der Waals surface area contributed by atoms with Crippen LogP contribution in [0.15, 0.2) is 47.6 Å². The SMILES string of the molecule is NC(=S)NN=Cc1ccc(OCc2ccc(Cl)cc2Cl)cc1. The Balaban J connectivity index is 1.93. The molecular weight excluding hydrogens is 341 g/mol. The molecule has 2 aromatic rings. The minimum Gasteiger partial charge on any atom is -0.489 e. The first-order valence-corrected chi connectivity index (χ1v) is 7.46. The minimum atomic E-state index is 0.121. The van der Waals surface area contributed by atoms with Crippen LogP contribution < -0.4 is 15.9 Å². The van der Waals surface area contributed by atoms with Crippen molar-refractivity contribution < 1.29 is 4.74 Å². The van der Waals surface area contributed by atoms with E-state index in [-0.39, 0.29) is 5.11 Å². The third-order valence-corrected chi connectivity index (χ3v) is 3.36. The third kappa shape index (κ3) is 5.18. The Morgan fingerprint density at radius 3 is 2.59 bits per heavy atom. The first-order chi connectivity index (χ1) is 10.5. The summed E-state index contributed by atoms with van der Waals surface area (Å²) < 4.78 is 5.68. The number of hydrogen-bond acceptors (Lipinski definition) is 3. The third-order valence-electron chi connectivity index (χ3n) is 2.68. The van der Waals surface area contributed by atoms with E-state index in [2.05, 4.69) is 22.7 Å². The molecule has 22 heavy (non-hydrogen) atoms. The fraction of sp³-hybridized carbons (Fsp3) is 0.0667. The van der Waals surface area contributed by atoms with Gasteiger partial charge in [-0.1, -0.05) is 29.3 Å². The normalized spacial score (nSPS) is 10.6. The maximum atomic E-state index is 6.09. The van der Waals surface area contributed by atoms with E-state index in [0.717, 1.165) is 16.9 Å². The van der Waals surface area contributed by atoms with Gasteiger partial charge in [0.1, 0.15) is 12.4 Å². The molecule has 0 aromatic heterocycles. The summed E-state index contributed by atoms with van der Waals surface area (Å²) in [5, 5.41) is 5.18. The molecule has 0 bridgehead atoms. The van der Waals surface area contributed by atoms with Gasteiger partial charge in [0, 0.05) is 15.6 Å². The molecule has 0 heterocycles. The number of nitrogens with two attached hydrogens (primary N) is 1. The number of halogens is 2. The van der Waals surface area contributed by atoms with Gasteiger partial charge in [0.25, 0.3) is 0 Å². The predicted octanol–water partition coefficient (Wildman–Crippen LogP) is 3.74. The Labute approximate surface area is 143 Å². The molecule has 0 aliphatic rings. The van der Waals surface area contributed by atoms with Gasteiger partial charge < -0.3 is 10.5 Å². The van der Waals surface area contributed by atoms with Gasteiger partial charge in [-0.2, -0.15) is 5.10 Å². The van der Waals surface area contributed by atoms with E-state index >= 15 is 0 Å². The van der Waals surface area contributed by atoms with Gasteiger partial charge in [-0.15, -0.1) is 0 Å². The van der Waals surface area contributed by atoms with Crippen molar-refractivity contribution in [2.45, 2.75) is 6.61 Å². The van der Waals surface area contributed by atoms with Crippen LogP contribution in [0.5, 0.6) is 5.75 Å². The van der Waals surface area contributed by atoms with Gasteiger partial charge in [-0.25, -0.2) is 0 Å². The lowest BCUT2D eigenvalue weighted by atomic mass is 10.2. The molecule has 4 nitrogen and oxygen atoms in total. The van der Waals surface area contributed by atoms with E-state index in [0.29, 0.717) is 16.7 Å². The number of hydrazone groups is 1. The molecule has 0 fully saturated rings. The standard InChI is InChI=1S/C15H13Cl2N3OS/c16-12-4-3-11(14(17)7-12)9-21-13-5-1-10(2-6-13)8-19-20-15(18)22/h1-8H,9H2,(H3,18,20,22). The molecule has 7 heteroatoms. The quantitative estimate of drug-likeness (QED) is 0.488. The number of rotatable bonds is 5. The Bertz CT molecular complexity index is 690. The van der Waals surface area contributed by atoms with Crippen LogP contribution in [0.25, 0.3) is 0 Å². The zero-order chi connectivity index (χ0) is 15.9. The topological polar surface area (TPSA) is 59.6 Å². The number of nitrogens with zero attached hydrogens (tertiary/aromatic N) is 1. The van der Waals surface area contributed by atoms with Crippen molar-refractivity contribution in [1.82, 2.24) is 5.43 Å². The first kappa shape index (κ1) is 16.5. The monoisotopic (exact) mass is 353 g/mol. The van der Waals surface area contributed by atoms with Gasteiger partial charge in [0.05, 0.1) is 6.21 Å². The number of thiocarbonyl (C=S) groups is 1. The zero-order valence-electron chi connectivity index (χ0n) is 11.4. The molecule has 0 spiro atoms. The smallest absolute Gasteiger partial charge is 0.184 e. The number of nitrogens with one attached hydrogen (secondary N) is 1. The van der Waals surface area contributed by atoms with Crippen LogP contribution in [-0.2, 0) is 6.61 Å². The van der Waals surface area contributed by atoms with Crippen LogP contribution in [0.4, 0.5) is 0 Å². The second kappa shape index (κ2) is 7.98. The fourth-order valence-corrected chi connectivity index (χ4v) is 2.14. The van der Waals surface area contributed by atoms with Gasteiger partial charge in [0.15, 0.2) is 5.11 Å². The van der Waals surface area contributed by atoms with Crippen LogP contribution in [-0.4, -0.2) is 11.3 Å². The van der Waals surface area contributed by atoms with Crippen LogP contribution in [0.2, 0.25) is 10.0 Å². The van der Waals surface area contributed by atoms with E-state index < -0.39 is 0 Å². The van der Waals surface area contributed by atoms with Gasteiger partial charge in [-0.3, -0.25) is 5.43 Å². The second-order valence-corrected chi connectivity index (χ2v) is 5.61. The molecule has 114 valence electrons. The van der Waals surface area contributed by atoms with E-state index in [1.165, 1.54) is 0 Å². The van der Waals surface area contributed by atoms with Crippen molar-refractivity contribution in [1.29, 1.82) is 0 Å². The highest BCUT2D eigenvalue weighted by molar-refractivity contribution is 7.80. The van der Waals surface area contributed by atoms with Crippen molar-refractivity contribution >= 4 is 46.7 Å². The van der Waals surface area contributed by atoms with Crippen molar-refractivity contribution in [3.05, 3.63) is 63.6 Å². The summed E-state index contributed by atoms with van der Waals surface area (Å²) in [4.78, 5) is 0. The average molecular weight is 354 g/mol. The van der Waals surface area contributed by atoms with Crippen LogP contribution in [0.3, 0.4) is 0 Å². The molecule has 3 N–H and O–H groups in total. The van der Waals surface area contributed by atoms with Crippen molar-refractivity contribution in [3.8, 4) is 5.75 Å². The highest BCUT2D eigenvalue weighted by Gasteiger charge is 2.02. The summed E-state index contributed by atoms with van der Waals surface area (Å²) in [5.41, 5.74) is 9.51. The molecule has 2 rings (SSSR count). The zero-order valence-corrected chi connectivity index (χ0v) is 13.8. The molecule has 0 unspecified atom stereocenters. The summed E-state index contributed by atoms with van der Waals surface area (Å²) in [6.45, 7) is 0.367. The highest BCUT2D eigenvalue weighted by Crippen LogP contribution is 2.22. The Morgan fingerprint density at radius 2 is 1.95 bits per heavy atom. The van der Waals surface area contributed by atoms with E-state index in [1.54, 1.807) is 18.3 Å². The number of hydrogen-bond donors (Lipinski definition) is 2. The molecule has 0 saturated carbocycles. The summed E-state index contributed by atoms with van der Waals surface area (Å²) in [6, 6.07) is 12.7. The molecule has 0 amide bonds.